The molecule has 5 nitrogen and oxygen atoms in total. The Kier molecular flexibility index (Phi) is 5.87. The maximum absolute atomic E-state index is 11.6. The Balaban J connectivity index is 1.65. The van der Waals surface area contributed by atoms with Crippen LogP contribution in [0.2, 0.25) is 0 Å². The maximum atomic E-state index is 11.6. The van der Waals surface area contributed by atoms with Crippen molar-refractivity contribution >= 4 is 6.09 Å². The Morgan fingerprint density at radius 3 is 2.43 bits per heavy atom. The van der Waals surface area contributed by atoms with E-state index < -0.39 is 0 Å². The van der Waals surface area contributed by atoms with E-state index in [1.807, 2.05) is 31.2 Å². The summed E-state index contributed by atoms with van der Waals surface area (Å²) in [5.74, 6) is 0.908. The third-order valence-electron chi connectivity index (χ3n) is 3.60. The van der Waals surface area contributed by atoms with E-state index in [0.29, 0.717) is 13.2 Å². The molecular formula is C16H24N2O3. The van der Waals surface area contributed by atoms with Crippen molar-refractivity contribution in [1.29, 1.82) is 0 Å². The zero-order valence-electron chi connectivity index (χ0n) is 12.9. The van der Waals surface area contributed by atoms with Gasteiger partial charge in [0.1, 0.15) is 12.4 Å². The number of carbonyl (C=O) groups excluding carboxylic acids is 1. The largest absolute Gasteiger partial charge is 0.492 e. The second-order valence-electron chi connectivity index (χ2n) is 5.19. The van der Waals surface area contributed by atoms with Crippen LogP contribution >= 0.6 is 0 Å². The molecule has 1 aromatic rings. The van der Waals surface area contributed by atoms with Gasteiger partial charge < -0.3 is 14.4 Å². The maximum Gasteiger partial charge on any atom is 0.409 e. The lowest BCUT2D eigenvalue weighted by molar-refractivity contribution is 0.0757. The Hall–Kier alpha value is -1.75. The molecule has 0 unspecified atom stereocenters. The van der Waals surface area contributed by atoms with Gasteiger partial charge in [0.2, 0.25) is 0 Å². The van der Waals surface area contributed by atoms with Gasteiger partial charge in [-0.3, -0.25) is 4.90 Å². The van der Waals surface area contributed by atoms with Gasteiger partial charge in [-0.2, -0.15) is 0 Å². The smallest absolute Gasteiger partial charge is 0.409 e. The lowest BCUT2D eigenvalue weighted by Crippen LogP contribution is -2.49. The first-order chi connectivity index (χ1) is 10.2. The molecule has 116 valence electrons. The highest BCUT2D eigenvalue weighted by atomic mass is 16.6. The minimum atomic E-state index is -0.201. The van der Waals surface area contributed by atoms with Crippen molar-refractivity contribution < 1.29 is 14.3 Å². The molecule has 1 aromatic carbocycles. The van der Waals surface area contributed by atoms with Crippen LogP contribution in [0.1, 0.15) is 12.5 Å². The molecule has 0 bridgehead atoms. The summed E-state index contributed by atoms with van der Waals surface area (Å²) >= 11 is 0. The van der Waals surface area contributed by atoms with Crippen LogP contribution in [0.3, 0.4) is 0 Å². The molecule has 1 aliphatic heterocycles. The summed E-state index contributed by atoms with van der Waals surface area (Å²) in [5.41, 5.74) is 1.23. The van der Waals surface area contributed by atoms with Crippen molar-refractivity contribution in [3.05, 3.63) is 29.8 Å². The molecule has 2 rings (SSSR count). The highest BCUT2D eigenvalue weighted by molar-refractivity contribution is 5.67. The molecule has 1 heterocycles. The predicted octanol–water partition coefficient (Wildman–Crippen LogP) is 2.15. The fourth-order valence-corrected chi connectivity index (χ4v) is 2.30. The summed E-state index contributed by atoms with van der Waals surface area (Å²) in [6, 6.07) is 8.09. The first-order valence-electron chi connectivity index (χ1n) is 7.52. The number of nitrogens with zero attached hydrogens (tertiary/aromatic N) is 2. The van der Waals surface area contributed by atoms with Gasteiger partial charge in [0.25, 0.3) is 0 Å². The van der Waals surface area contributed by atoms with Crippen LogP contribution in [-0.4, -0.2) is 61.8 Å². The van der Waals surface area contributed by atoms with Gasteiger partial charge in [-0.25, -0.2) is 4.79 Å². The van der Waals surface area contributed by atoms with Crippen molar-refractivity contribution in [2.45, 2.75) is 13.8 Å². The van der Waals surface area contributed by atoms with Gasteiger partial charge in [0.15, 0.2) is 0 Å². The van der Waals surface area contributed by atoms with Gasteiger partial charge in [0, 0.05) is 32.7 Å². The molecule has 0 radical (unpaired) electrons. The fraction of sp³-hybridized carbons (Fsp3) is 0.562. The molecule has 0 N–H and O–H groups in total. The molecular weight excluding hydrogens is 268 g/mol. The van der Waals surface area contributed by atoms with Crippen LogP contribution in [-0.2, 0) is 4.74 Å². The average molecular weight is 292 g/mol. The number of amides is 1. The van der Waals surface area contributed by atoms with E-state index >= 15 is 0 Å². The summed E-state index contributed by atoms with van der Waals surface area (Å²) in [4.78, 5) is 15.7. The van der Waals surface area contributed by atoms with Gasteiger partial charge in [-0.15, -0.1) is 0 Å². The van der Waals surface area contributed by atoms with Gasteiger partial charge in [-0.05, 0) is 26.0 Å². The normalized spacial score (nSPS) is 15.8. The zero-order chi connectivity index (χ0) is 15.1. The van der Waals surface area contributed by atoms with E-state index in [0.717, 1.165) is 38.5 Å². The van der Waals surface area contributed by atoms with Crippen LogP contribution < -0.4 is 4.74 Å². The first-order valence-corrected chi connectivity index (χ1v) is 7.52. The molecule has 0 atom stereocenters. The summed E-state index contributed by atoms with van der Waals surface area (Å²) in [6.45, 7) is 9.07. The third-order valence-corrected chi connectivity index (χ3v) is 3.60. The van der Waals surface area contributed by atoms with E-state index in [1.54, 1.807) is 4.90 Å². The average Bonchev–Trinajstić information content (AvgIpc) is 2.50. The molecule has 21 heavy (non-hydrogen) atoms. The molecule has 0 aromatic heterocycles. The molecule has 5 heteroatoms. The minimum Gasteiger partial charge on any atom is -0.492 e. The molecule has 1 fully saturated rings. The molecule has 0 saturated carbocycles. The Morgan fingerprint density at radius 2 is 1.81 bits per heavy atom. The van der Waals surface area contributed by atoms with Gasteiger partial charge >= 0.3 is 6.09 Å². The number of rotatable bonds is 5. The summed E-state index contributed by atoms with van der Waals surface area (Å²) in [7, 11) is 0. The highest BCUT2D eigenvalue weighted by Crippen LogP contribution is 2.11. The number of piperazine rings is 1. The molecule has 1 amide bonds. The number of hydrogen-bond acceptors (Lipinski definition) is 4. The van der Waals surface area contributed by atoms with Crippen molar-refractivity contribution in [1.82, 2.24) is 9.80 Å². The monoisotopic (exact) mass is 292 g/mol. The minimum absolute atomic E-state index is 0.201. The second-order valence-corrected chi connectivity index (χ2v) is 5.19. The van der Waals surface area contributed by atoms with E-state index in [2.05, 4.69) is 11.8 Å². The topological polar surface area (TPSA) is 42.0 Å². The van der Waals surface area contributed by atoms with E-state index in [-0.39, 0.29) is 6.09 Å². The summed E-state index contributed by atoms with van der Waals surface area (Å²) in [6.07, 6.45) is -0.201. The number of ether oxygens (including phenoxy) is 2. The van der Waals surface area contributed by atoms with Crippen LogP contribution in [0.15, 0.2) is 24.3 Å². The van der Waals surface area contributed by atoms with Gasteiger partial charge in [0.05, 0.1) is 6.61 Å². The van der Waals surface area contributed by atoms with Crippen molar-refractivity contribution in [3.63, 3.8) is 0 Å². The number of carbonyl (C=O) groups is 1. The van der Waals surface area contributed by atoms with Crippen LogP contribution in [0.4, 0.5) is 4.79 Å². The van der Waals surface area contributed by atoms with Crippen molar-refractivity contribution in [2.24, 2.45) is 0 Å². The first kappa shape index (κ1) is 15.6. The Bertz CT molecular complexity index is 439. The fourth-order valence-electron chi connectivity index (χ4n) is 2.30. The van der Waals surface area contributed by atoms with Crippen LogP contribution in [0.5, 0.6) is 5.75 Å². The summed E-state index contributed by atoms with van der Waals surface area (Å²) < 4.78 is 10.7. The van der Waals surface area contributed by atoms with Gasteiger partial charge in [-0.1, -0.05) is 17.7 Å². The Labute approximate surface area is 126 Å². The van der Waals surface area contributed by atoms with E-state index in [1.165, 1.54) is 5.56 Å². The van der Waals surface area contributed by atoms with Crippen molar-refractivity contribution in [3.8, 4) is 5.75 Å². The molecule has 0 aliphatic carbocycles. The number of benzene rings is 1. The SMILES string of the molecule is CCOC(=O)N1CCN(CCOc2ccc(C)cc2)CC1. The van der Waals surface area contributed by atoms with E-state index in [9.17, 15) is 4.79 Å². The van der Waals surface area contributed by atoms with Crippen LogP contribution in [0.25, 0.3) is 0 Å². The number of hydrogen-bond donors (Lipinski definition) is 0. The zero-order valence-corrected chi connectivity index (χ0v) is 12.9. The molecule has 1 saturated heterocycles. The van der Waals surface area contributed by atoms with Crippen LogP contribution in [0, 0.1) is 6.92 Å². The summed E-state index contributed by atoms with van der Waals surface area (Å²) in [5, 5.41) is 0. The van der Waals surface area contributed by atoms with E-state index in [4.69, 9.17) is 9.47 Å². The third kappa shape index (κ3) is 4.93. The highest BCUT2D eigenvalue weighted by Gasteiger charge is 2.21. The number of aryl methyl sites for hydroxylation is 1. The molecule has 0 spiro atoms. The molecule has 1 aliphatic rings. The standard InChI is InChI=1S/C16H24N2O3/c1-3-20-16(19)18-10-8-17(9-11-18)12-13-21-15-6-4-14(2)5-7-15/h4-7H,3,8-13H2,1-2H3. The predicted molar refractivity (Wildman–Crippen MR) is 81.7 cm³/mol. The quantitative estimate of drug-likeness (QED) is 0.834. The van der Waals surface area contributed by atoms with Crippen molar-refractivity contribution in [2.75, 3.05) is 45.9 Å². The lowest BCUT2D eigenvalue weighted by Gasteiger charge is -2.33. The second kappa shape index (κ2) is 7.88. The lowest BCUT2D eigenvalue weighted by atomic mass is 10.2. The Morgan fingerprint density at radius 1 is 1.14 bits per heavy atom.